The Kier molecular flexibility index (Phi) is 6.51. The van der Waals surface area contributed by atoms with Crippen molar-refractivity contribution in [2.75, 3.05) is 20.1 Å². The summed E-state index contributed by atoms with van der Waals surface area (Å²) in [6.07, 6.45) is 3.39. The van der Waals surface area contributed by atoms with Crippen LogP contribution >= 0.6 is 0 Å². The highest BCUT2D eigenvalue weighted by Crippen LogP contribution is 1.64. The molecule has 0 fully saturated rings. The van der Waals surface area contributed by atoms with Gasteiger partial charge in [-0.2, -0.15) is 0 Å². The molecule has 0 heterocycles. The normalized spacial score (nSPS) is 9.89. The minimum Gasteiger partial charge on any atom is -0.388 e. The molecule has 0 aromatic carbocycles. The fourth-order valence-electron chi connectivity index (χ4n) is 0.386. The van der Waals surface area contributed by atoms with Crippen LogP contribution in [0.4, 0.5) is 0 Å². The molecule has 2 N–H and O–H groups in total. The van der Waals surface area contributed by atoms with Crippen molar-refractivity contribution < 1.29 is 0 Å². The molecule has 0 bridgehead atoms. The highest BCUT2D eigenvalue weighted by Gasteiger charge is 1.74. The molecule has 0 rings (SSSR count). The summed E-state index contributed by atoms with van der Waals surface area (Å²) >= 11 is 0. The molecule has 9 heavy (non-hydrogen) atoms. The first-order valence-electron chi connectivity index (χ1n) is 2.90. The minimum atomic E-state index is 0.919. The zero-order valence-electron chi connectivity index (χ0n) is 5.72. The number of aliphatic imine (C=N–C) groups is 1. The number of hydrogen-bond donors (Lipinski definition) is 2. The van der Waals surface area contributed by atoms with E-state index in [1.165, 1.54) is 0 Å². The summed E-state index contributed by atoms with van der Waals surface area (Å²) in [5.41, 5.74) is 0. The summed E-state index contributed by atoms with van der Waals surface area (Å²) < 4.78 is 0. The molecule has 0 aliphatic heterocycles. The molecule has 0 spiro atoms. The standard InChI is InChI=1S/C6H13N3/c1-7-3-5-9-6-4-8-2/h3,5,8-9H,1,4,6H2,2H3/b5-3-. The van der Waals surface area contributed by atoms with Crippen LogP contribution in [0.3, 0.4) is 0 Å². The van der Waals surface area contributed by atoms with Gasteiger partial charge in [-0.1, -0.05) is 0 Å². The quantitative estimate of drug-likeness (QED) is 0.402. The number of nitrogens with one attached hydrogen (secondary N) is 2. The van der Waals surface area contributed by atoms with E-state index >= 15 is 0 Å². The predicted octanol–water partition coefficient (Wildman–Crippen LogP) is -0.0328. The third kappa shape index (κ3) is 7.17. The first kappa shape index (κ1) is 8.17. The van der Waals surface area contributed by atoms with Crippen molar-refractivity contribution in [3.8, 4) is 0 Å². The predicted molar refractivity (Wildman–Crippen MR) is 40.6 cm³/mol. The van der Waals surface area contributed by atoms with Crippen molar-refractivity contribution in [3.05, 3.63) is 12.4 Å². The Bertz CT molecular complexity index is 88.3. The Morgan fingerprint density at radius 3 is 2.89 bits per heavy atom. The lowest BCUT2D eigenvalue weighted by molar-refractivity contribution is 0.739. The molecule has 0 saturated heterocycles. The SMILES string of the molecule is C=N/C=C\NCCNC. The molecular formula is C6H13N3. The van der Waals surface area contributed by atoms with E-state index in [1.54, 1.807) is 12.4 Å². The Morgan fingerprint density at radius 2 is 2.33 bits per heavy atom. The number of hydrogen-bond acceptors (Lipinski definition) is 3. The largest absolute Gasteiger partial charge is 0.388 e. The zero-order valence-corrected chi connectivity index (χ0v) is 5.72. The van der Waals surface area contributed by atoms with Crippen molar-refractivity contribution in [2.45, 2.75) is 0 Å². The van der Waals surface area contributed by atoms with Gasteiger partial charge in [0.15, 0.2) is 0 Å². The summed E-state index contributed by atoms with van der Waals surface area (Å²) in [4.78, 5) is 3.52. The van der Waals surface area contributed by atoms with Crippen LogP contribution in [0, 0.1) is 0 Å². The summed E-state index contributed by atoms with van der Waals surface area (Å²) in [7, 11) is 1.91. The van der Waals surface area contributed by atoms with Crippen LogP contribution < -0.4 is 10.6 Å². The van der Waals surface area contributed by atoms with Crippen LogP contribution in [0.25, 0.3) is 0 Å². The van der Waals surface area contributed by atoms with Crippen molar-refractivity contribution in [1.29, 1.82) is 0 Å². The second-order valence-corrected chi connectivity index (χ2v) is 1.56. The van der Waals surface area contributed by atoms with Crippen molar-refractivity contribution in [2.24, 2.45) is 4.99 Å². The fraction of sp³-hybridized carbons (Fsp3) is 0.500. The molecule has 0 atom stereocenters. The molecule has 52 valence electrons. The Labute approximate surface area is 55.9 Å². The lowest BCUT2D eigenvalue weighted by Crippen LogP contribution is -2.20. The second-order valence-electron chi connectivity index (χ2n) is 1.56. The lowest BCUT2D eigenvalue weighted by Gasteiger charge is -1.96. The van der Waals surface area contributed by atoms with Gasteiger partial charge in [0.2, 0.25) is 0 Å². The average molecular weight is 127 g/mol. The molecule has 0 aromatic rings. The van der Waals surface area contributed by atoms with Gasteiger partial charge in [0.1, 0.15) is 0 Å². The van der Waals surface area contributed by atoms with E-state index in [1.807, 2.05) is 7.05 Å². The molecule has 0 aliphatic carbocycles. The monoisotopic (exact) mass is 127 g/mol. The van der Waals surface area contributed by atoms with Crippen LogP contribution in [-0.2, 0) is 0 Å². The van der Waals surface area contributed by atoms with Gasteiger partial charge in [-0.25, -0.2) is 0 Å². The van der Waals surface area contributed by atoms with Gasteiger partial charge in [0, 0.05) is 25.5 Å². The van der Waals surface area contributed by atoms with Crippen LogP contribution in [0.5, 0.6) is 0 Å². The van der Waals surface area contributed by atoms with E-state index in [4.69, 9.17) is 0 Å². The minimum absolute atomic E-state index is 0.919. The Balaban J connectivity index is 2.90. The second kappa shape index (κ2) is 7.17. The molecule has 0 unspecified atom stereocenters. The van der Waals surface area contributed by atoms with Crippen LogP contribution in [0.2, 0.25) is 0 Å². The maximum Gasteiger partial charge on any atom is 0.0417 e. The van der Waals surface area contributed by atoms with Gasteiger partial charge in [-0.3, -0.25) is 4.99 Å². The molecule has 0 aromatic heterocycles. The third-order valence-electron chi connectivity index (χ3n) is 0.817. The Morgan fingerprint density at radius 1 is 1.56 bits per heavy atom. The average Bonchev–Trinajstić information content (AvgIpc) is 1.89. The first-order valence-corrected chi connectivity index (χ1v) is 2.90. The van der Waals surface area contributed by atoms with Gasteiger partial charge in [-0.05, 0) is 13.8 Å². The molecule has 3 nitrogen and oxygen atoms in total. The van der Waals surface area contributed by atoms with Crippen molar-refractivity contribution in [1.82, 2.24) is 10.6 Å². The van der Waals surface area contributed by atoms with Crippen LogP contribution in [0.15, 0.2) is 17.4 Å². The van der Waals surface area contributed by atoms with Gasteiger partial charge >= 0.3 is 0 Å². The third-order valence-corrected chi connectivity index (χ3v) is 0.817. The first-order chi connectivity index (χ1) is 4.41. The van der Waals surface area contributed by atoms with E-state index in [0.29, 0.717) is 0 Å². The summed E-state index contributed by atoms with van der Waals surface area (Å²) in [6.45, 7) is 5.17. The maximum atomic E-state index is 3.52. The number of nitrogens with zero attached hydrogens (tertiary/aromatic N) is 1. The zero-order chi connectivity index (χ0) is 6.95. The van der Waals surface area contributed by atoms with Crippen LogP contribution in [-0.4, -0.2) is 26.9 Å². The van der Waals surface area contributed by atoms with E-state index in [9.17, 15) is 0 Å². The molecule has 0 saturated carbocycles. The molecule has 0 amide bonds. The highest BCUT2D eigenvalue weighted by atomic mass is 14.9. The topological polar surface area (TPSA) is 36.4 Å². The number of likely N-dealkylation sites (N-methyl/N-ethyl adjacent to an activating group) is 1. The number of rotatable bonds is 5. The molecule has 0 aliphatic rings. The fourth-order valence-corrected chi connectivity index (χ4v) is 0.386. The summed E-state index contributed by atoms with van der Waals surface area (Å²) in [6, 6.07) is 0. The highest BCUT2D eigenvalue weighted by molar-refractivity contribution is 5.25. The molecule has 0 radical (unpaired) electrons. The Hall–Kier alpha value is -0.830. The van der Waals surface area contributed by atoms with Crippen LogP contribution in [0.1, 0.15) is 0 Å². The van der Waals surface area contributed by atoms with E-state index in [0.717, 1.165) is 13.1 Å². The van der Waals surface area contributed by atoms with Crippen molar-refractivity contribution in [3.63, 3.8) is 0 Å². The van der Waals surface area contributed by atoms with E-state index in [2.05, 4.69) is 22.3 Å². The summed E-state index contributed by atoms with van der Waals surface area (Å²) in [5.74, 6) is 0. The van der Waals surface area contributed by atoms with E-state index < -0.39 is 0 Å². The van der Waals surface area contributed by atoms with Gasteiger partial charge in [-0.15, -0.1) is 0 Å². The smallest absolute Gasteiger partial charge is 0.0417 e. The van der Waals surface area contributed by atoms with Crippen molar-refractivity contribution >= 4 is 6.72 Å². The lowest BCUT2D eigenvalue weighted by atomic mass is 10.6. The van der Waals surface area contributed by atoms with Gasteiger partial charge < -0.3 is 10.6 Å². The maximum absolute atomic E-state index is 3.52. The van der Waals surface area contributed by atoms with E-state index in [-0.39, 0.29) is 0 Å². The molecular weight excluding hydrogens is 114 g/mol. The summed E-state index contributed by atoms with van der Waals surface area (Å²) in [5, 5.41) is 6.01. The van der Waals surface area contributed by atoms with Gasteiger partial charge in [0.05, 0.1) is 0 Å². The molecule has 3 heteroatoms. The van der Waals surface area contributed by atoms with Gasteiger partial charge in [0.25, 0.3) is 0 Å².